The third-order valence-electron chi connectivity index (χ3n) is 3.43. The smallest absolute Gasteiger partial charge is 0.221 e. The van der Waals surface area contributed by atoms with Crippen molar-refractivity contribution in [3.05, 3.63) is 23.5 Å². The maximum Gasteiger partial charge on any atom is 0.221 e. The van der Waals surface area contributed by atoms with Gasteiger partial charge >= 0.3 is 0 Å². The molecule has 1 amide bonds. The highest BCUT2D eigenvalue weighted by Gasteiger charge is 2.23. The highest BCUT2D eigenvalue weighted by atomic mass is 16.1. The summed E-state index contributed by atoms with van der Waals surface area (Å²) >= 11 is 0. The van der Waals surface area contributed by atoms with Gasteiger partial charge < -0.3 is 15.2 Å². The number of hydrogen-bond acceptors (Lipinski definition) is 2. The van der Waals surface area contributed by atoms with E-state index >= 15 is 0 Å². The second-order valence-corrected chi connectivity index (χ2v) is 4.69. The van der Waals surface area contributed by atoms with Crippen LogP contribution < -0.4 is 10.6 Å². The van der Waals surface area contributed by atoms with E-state index in [1.807, 2.05) is 0 Å². The molecule has 90 valence electrons. The van der Waals surface area contributed by atoms with Crippen molar-refractivity contribution in [2.45, 2.75) is 26.3 Å². The summed E-state index contributed by atoms with van der Waals surface area (Å²) in [7, 11) is 0. The standard InChI is InChI=1S/C13H17N3O/c1-9(17)15-12-8-16-6-5-14-7-10-3-2-4-11(12)13(10)16/h3,8,14H,2,4-7H2,1H3,(H,15,17). The maximum absolute atomic E-state index is 11.2. The van der Waals surface area contributed by atoms with Gasteiger partial charge in [0.15, 0.2) is 0 Å². The lowest BCUT2D eigenvalue weighted by molar-refractivity contribution is -0.114. The van der Waals surface area contributed by atoms with Gasteiger partial charge in [-0.25, -0.2) is 0 Å². The fourth-order valence-corrected chi connectivity index (χ4v) is 2.77. The minimum absolute atomic E-state index is 0.0104. The number of anilines is 1. The van der Waals surface area contributed by atoms with Gasteiger partial charge in [0.2, 0.25) is 5.91 Å². The highest BCUT2D eigenvalue weighted by molar-refractivity contribution is 5.91. The number of carbonyl (C=O) groups is 1. The summed E-state index contributed by atoms with van der Waals surface area (Å²) in [6.45, 7) is 4.46. The van der Waals surface area contributed by atoms with E-state index in [2.05, 4.69) is 27.5 Å². The van der Waals surface area contributed by atoms with Crippen LogP contribution in [-0.4, -0.2) is 23.6 Å². The molecule has 1 aromatic heterocycles. The molecule has 2 N–H and O–H groups in total. The first-order chi connectivity index (χ1) is 8.25. The SMILES string of the molecule is CC(=O)Nc1cn2c3c1CCC=C3CNCC2. The van der Waals surface area contributed by atoms with Crippen molar-refractivity contribution in [3.8, 4) is 0 Å². The Morgan fingerprint density at radius 2 is 2.41 bits per heavy atom. The number of nitrogens with zero attached hydrogens (tertiary/aromatic N) is 1. The van der Waals surface area contributed by atoms with E-state index < -0.39 is 0 Å². The molecule has 1 aliphatic heterocycles. The first-order valence-corrected chi connectivity index (χ1v) is 6.15. The normalized spacial score (nSPS) is 18.1. The Bertz CT molecular complexity index is 499. The number of aromatic nitrogens is 1. The molecule has 17 heavy (non-hydrogen) atoms. The molecule has 0 unspecified atom stereocenters. The van der Waals surface area contributed by atoms with Gasteiger partial charge in [0, 0.05) is 38.3 Å². The summed E-state index contributed by atoms with van der Waals surface area (Å²) in [5.41, 5.74) is 5.01. The summed E-state index contributed by atoms with van der Waals surface area (Å²) < 4.78 is 2.27. The summed E-state index contributed by atoms with van der Waals surface area (Å²) in [4.78, 5) is 11.2. The molecule has 0 fully saturated rings. The zero-order chi connectivity index (χ0) is 11.8. The van der Waals surface area contributed by atoms with Crippen LogP contribution >= 0.6 is 0 Å². The predicted molar refractivity (Wildman–Crippen MR) is 67.9 cm³/mol. The van der Waals surface area contributed by atoms with Crippen LogP contribution in [0.5, 0.6) is 0 Å². The number of nitrogens with one attached hydrogen (secondary N) is 2. The second kappa shape index (κ2) is 4.04. The monoisotopic (exact) mass is 231 g/mol. The fourth-order valence-electron chi connectivity index (χ4n) is 2.77. The molecule has 4 nitrogen and oxygen atoms in total. The van der Waals surface area contributed by atoms with E-state index in [1.54, 1.807) is 6.92 Å². The van der Waals surface area contributed by atoms with Crippen LogP contribution in [0.1, 0.15) is 24.6 Å². The molecule has 0 saturated carbocycles. The summed E-state index contributed by atoms with van der Waals surface area (Å²) in [5, 5.41) is 6.38. The zero-order valence-corrected chi connectivity index (χ0v) is 10.0. The van der Waals surface area contributed by atoms with Crippen LogP contribution in [0.25, 0.3) is 5.57 Å². The molecule has 0 bridgehead atoms. The van der Waals surface area contributed by atoms with Crippen molar-refractivity contribution < 1.29 is 4.79 Å². The molecule has 1 aromatic rings. The Morgan fingerprint density at radius 3 is 3.24 bits per heavy atom. The maximum atomic E-state index is 11.2. The van der Waals surface area contributed by atoms with Gasteiger partial charge in [-0.15, -0.1) is 0 Å². The van der Waals surface area contributed by atoms with Gasteiger partial charge in [0.05, 0.1) is 11.4 Å². The molecule has 0 atom stereocenters. The van der Waals surface area contributed by atoms with E-state index in [1.165, 1.54) is 16.8 Å². The van der Waals surface area contributed by atoms with Crippen molar-refractivity contribution in [1.29, 1.82) is 0 Å². The molecule has 2 heterocycles. The Hall–Kier alpha value is -1.55. The summed E-state index contributed by atoms with van der Waals surface area (Å²) in [6.07, 6.45) is 6.50. The molecule has 1 aliphatic carbocycles. The highest BCUT2D eigenvalue weighted by Crippen LogP contribution is 2.34. The Labute approximate surface area is 101 Å². The van der Waals surface area contributed by atoms with E-state index in [0.29, 0.717) is 0 Å². The van der Waals surface area contributed by atoms with E-state index in [9.17, 15) is 4.79 Å². The third-order valence-corrected chi connectivity index (χ3v) is 3.43. The molecule has 3 rings (SSSR count). The third kappa shape index (κ3) is 1.78. The van der Waals surface area contributed by atoms with E-state index in [-0.39, 0.29) is 5.91 Å². The van der Waals surface area contributed by atoms with Crippen LogP contribution in [0, 0.1) is 0 Å². The molecule has 0 radical (unpaired) electrons. The molecular formula is C13H17N3O. The lowest BCUT2D eigenvalue weighted by Gasteiger charge is -2.15. The minimum atomic E-state index is 0.0104. The quantitative estimate of drug-likeness (QED) is 0.767. The number of hydrogen-bond donors (Lipinski definition) is 2. The topological polar surface area (TPSA) is 46.1 Å². The first-order valence-electron chi connectivity index (χ1n) is 6.15. The summed E-state index contributed by atoms with van der Waals surface area (Å²) in [5.74, 6) is 0.0104. The van der Waals surface area contributed by atoms with Crippen molar-refractivity contribution in [3.63, 3.8) is 0 Å². The van der Waals surface area contributed by atoms with Crippen molar-refractivity contribution in [1.82, 2.24) is 9.88 Å². The van der Waals surface area contributed by atoms with Gasteiger partial charge in [0.1, 0.15) is 0 Å². The minimum Gasteiger partial charge on any atom is -0.344 e. The van der Waals surface area contributed by atoms with Crippen LogP contribution in [0.15, 0.2) is 12.3 Å². The molecule has 4 heteroatoms. The Kier molecular flexibility index (Phi) is 2.52. The van der Waals surface area contributed by atoms with Gasteiger partial charge in [-0.05, 0) is 18.4 Å². The lowest BCUT2D eigenvalue weighted by Crippen LogP contribution is -2.17. The molecule has 0 saturated heterocycles. The fraction of sp³-hybridized carbons (Fsp3) is 0.462. The van der Waals surface area contributed by atoms with E-state index in [0.717, 1.165) is 38.2 Å². The van der Waals surface area contributed by atoms with Crippen LogP contribution in [0.4, 0.5) is 5.69 Å². The first kappa shape index (κ1) is 10.6. The number of carbonyl (C=O) groups excluding carboxylic acids is 1. The summed E-state index contributed by atoms with van der Waals surface area (Å²) in [6, 6.07) is 0. The van der Waals surface area contributed by atoms with Gasteiger partial charge in [-0.1, -0.05) is 6.08 Å². The number of amides is 1. The average molecular weight is 231 g/mol. The molecule has 0 spiro atoms. The largest absolute Gasteiger partial charge is 0.344 e. The van der Waals surface area contributed by atoms with Gasteiger partial charge in [0.25, 0.3) is 0 Å². The molecule has 2 aliphatic rings. The predicted octanol–water partition coefficient (Wildman–Crippen LogP) is 1.38. The van der Waals surface area contributed by atoms with Crippen LogP contribution in [-0.2, 0) is 17.8 Å². The second-order valence-electron chi connectivity index (χ2n) is 4.69. The molecular weight excluding hydrogens is 214 g/mol. The van der Waals surface area contributed by atoms with Gasteiger partial charge in [-0.2, -0.15) is 0 Å². The average Bonchev–Trinajstić information content (AvgIpc) is 2.51. The van der Waals surface area contributed by atoms with Gasteiger partial charge in [-0.3, -0.25) is 4.79 Å². The molecule has 0 aromatic carbocycles. The lowest BCUT2D eigenvalue weighted by atomic mass is 9.96. The van der Waals surface area contributed by atoms with E-state index in [4.69, 9.17) is 0 Å². The number of allylic oxidation sites excluding steroid dienone is 1. The number of rotatable bonds is 1. The van der Waals surface area contributed by atoms with Crippen molar-refractivity contribution in [2.24, 2.45) is 0 Å². The van der Waals surface area contributed by atoms with Crippen LogP contribution in [0.3, 0.4) is 0 Å². The Morgan fingerprint density at radius 1 is 1.53 bits per heavy atom. The van der Waals surface area contributed by atoms with Crippen LogP contribution in [0.2, 0.25) is 0 Å². The van der Waals surface area contributed by atoms with Crippen molar-refractivity contribution in [2.75, 3.05) is 18.4 Å². The Balaban J connectivity index is 2.09. The van der Waals surface area contributed by atoms with Crippen molar-refractivity contribution >= 4 is 17.2 Å². The zero-order valence-electron chi connectivity index (χ0n) is 10.0.